The maximum Gasteiger partial charge on any atom is 0.224 e. The van der Waals surface area contributed by atoms with Gasteiger partial charge in [0.1, 0.15) is 7.05 Å². The third kappa shape index (κ3) is 2.36. The topological polar surface area (TPSA) is 12.7 Å². The fraction of sp³-hybridized carbons (Fsp3) is 0.214. The van der Waals surface area contributed by atoms with Gasteiger partial charge in [-0.25, -0.2) is 9.41 Å². The first kappa shape index (κ1) is 18.2. The summed E-state index contributed by atoms with van der Waals surface area (Å²) in [6.07, 6.45) is 3.18. The van der Waals surface area contributed by atoms with Gasteiger partial charge in [0.2, 0.25) is 5.52 Å². The van der Waals surface area contributed by atoms with Crippen molar-refractivity contribution in [1.82, 2.24) is 4.40 Å². The van der Waals surface area contributed by atoms with E-state index in [9.17, 15) is 0 Å². The van der Waals surface area contributed by atoms with Gasteiger partial charge in [0.25, 0.3) is 0 Å². The summed E-state index contributed by atoms with van der Waals surface area (Å²) in [6, 6.07) is 17.7. The van der Waals surface area contributed by atoms with Gasteiger partial charge < -0.3 is 4.40 Å². The second-order valence-corrected chi connectivity index (χ2v) is 9.25. The van der Waals surface area contributed by atoms with Crippen LogP contribution in [-0.4, -0.2) is 4.40 Å². The predicted molar refractivity (Wildman–Crippen MR) is 129 cm³/mol. The van der Waals surface area contributed by atoms with E-state index < -0.39 is 0 Å². The van der Waals surface area contributed by atoms with E-state index >= 15 is 0 Å². The molecular weight excluding hydrogens is 378 g/mol. The highest BCUT2D eigenvalue weighted by Gasteiger charge is 2.24. The smallest absolute Gasteiger partial charge is 0.224 e. The molecule has 3 heteroatoms. The predicted octanol–water partition coefficient (Wildman–Crippen LogP) is 6.87. The first-order valence-electron chi connectivity index (χ1n) is 10.9. The lowest BCUT2D eigenvalue weighted by Crippen LogP contribution is -2.28. The number of rotatable bonds is 2. The zero-order valence-corrected chi connectivity index (χ0v) is 18.3. The van der Waals surface area contributed by atoms with Crippen LogP contribution in [0.1, 0.15) is 25.0 Å². The van der Waals surface area contributed by atoms with Crippen molar-refractivity contribution in [3.05, 3.63) is 77.3 Å². The molecule has 3 nitrogen and oxygen atoms in total. The Labute approximate surface area is 181 Å². The summed E-state index contributed by atoms with van der Waals surface area (Å²) in [7, 11) is 2.12. The Hall–Kier alpha value is -3.64. The summed E-state index contributed by atoms with van der Waals surface area (Å²) in [4.78, 5) is 3.79. The molecule has 0 bridgehead atoms. The molecule has 31 heavy (non-hydrogen) atoms. The quantitative estimate of drug-likeness (QED) is 0.130. The molecule has 0 amide bonds. The van der Waals surface area contributed by atoms with Gasteiger partial charge in [0, 0.05) is 16.8 Å². The molecule has 3 aromatic carbocycles. The summed E-state index contributed by atoms with van der Waals surface area (Å²) in [5.74, 6) is 0.609. The Morgan fingerprint density at radius 3 is 2.55 bits per heavy atom. The maximum absolute atomic E-state index is 7.68. The van der Waals surface area contributed by atoms with Crippen molar-refractivity contribution in [2.24, 2.45) is 13.0 Å². The molecule has 3 heterocycles. The van der Waals surface area contributed by atoms with E-state index in [4.69, 9.17) is 6.57 Å². The molecule has 6 rings (SSSR count). The van der Waals surface area contributed by atoms with E-state index in [0.29, 0.717) is 11.6 Å². The molecule has 6 aromatic rings. The summed E-state index contributed by atoms with van der Waals surface area (Å²) < 4.78 is 4.65. The van der Waals surface area contributed by atoms with E-state index in [1.54, 1.807) is 0 Å². The van der Waals surface area contributed by atoms with Crippen LogP contribution in [0.15, 0.2) is 54.7 Å². The Morgan fingerprint density at radius 2 is 1.77 bits per heavy atom. The van der Waals surface area contributed by atoms with E-state index in [0.717, 1.165) is 17.3 Å². The van der Waals surface area contributed by atoms with Crippen LogP contribution in [0.25, 0.3) is 53.8 Å². The Bertz CT molecular complexity index is 1710. The minimum atomic E-state index is 0.609. The van der Waals surface area contributed by atoms with Crippen molar-refractivity contribution >= 4 is 54.7 Å². The Kier molecular flexibility index (Phi) is 3.62. The number of benzene rings is 3. The van der Waals surface area contributed by atoms with Crippen LogP contribution in [0.3, 0.4) is 0 Å². The average Bonchev–Trinajstić information content (AvgIpc) is 3.07. The molecule has 0 saturated heterocycles. The SMILES string of the molecule is [C-]#[N+]c1cc2cc[n+](C)c3c4c(C)ccc5c6ccc(CC(C)C)cc6n(c(c1)c23)c54. The van der Waals surface area contributed by atoms with Crippen molar-refractivity contribution in [3.8, 4) is 0 Å². The molecule has 0 spiro atoms. The van der Waals surface area contributed by atoms with E-state index in [-0.39, 0.29) is 0 Å². The van der Waals surface area contributed by atoms with Gasteiger partial charge in [-0.1, -0.05) is 38.1 Å². The number of pyridine rings is 2. The lowest BCUT2D eigenvalue weighted by molar-refractivity contribution is -0.643. The zero-order chi connectivity index (χ0) is 21.4. The highest BCUT2D eigenvalue weighted by molar-refractivity contribution is 6.26. The highest BCUT2D eigenvalue weighted by Crippen LogP contribution is 2.42. The minimum absolute atomic E-state index is 0.609. The molecule has 0 fully saturated rings. The van der Waals surface area contributed by atoms with E-state index in [1.165, 1.54) is 49.2 Å². The van der Waals surface area contributed by atoms with Crippen LogP contribution in [0.4, 0.5) is 5.69 Å². The van der Waals surface area contributed by atoms with E-state index in [1.807, 2.05) is 6.07 Å². The first-order valence-corrected chi connectivity index (χ1v) is 10.9. The number of hydrogen-bond acceptors (Lipinski definition) is 0. The molecular formula is C28H24N3+. The molecule has 0 aliphatic carbocycles. The third-order valence-electron chi connectivity index (χ3n) is 6.65. The summed E-state index contributed by atoms with van der Waals surface area (Å²) in [6.45, 7) is 14.4. The van der Waals surface area contributed by atoms with Crippen molar-refractivity contribution < 1.29 is 4.57 Å². The fourth-order valence-corrected chi connectivity index (χ4v) is 5.41. The molecule has 150 valence electrons. The van der Waals surface area contributed by atoms with Crippen LogP contribution in [0.5, 0.6) is 0 Å². The van der Waals surface area contributed by atoms with Gasteiger partial charge in [-0.05, 0) is 54.0 Å². The number of fused-ring (bicyclic) bond motifs is 5. The standard InChI is InChI=1S/C28H24N3/c1-16(2)12-18-7-9-21-22-8-6-17(3)25-27(22)31(23(21)13-18)24-15-20(29-4)14-19-10-11-30(5)28(25)26(19)24/h6-11,13-16H,12H2,1-3,5H3/q+1. The van der Waals surface area contributed by atoms with Crippen LogP contribution >= 0.6 is 0 Å². The Morgan fingerprint density at radius 1 is 0.968 bits per heavy atom. The molecule has 0 aliphatic heterocycles. The van der Waals surface area contributed by atoms with Gasteiger partial charge in [-0.2, -0.15) is 0 Å². The molecule has 0 radical (unpaired) electrons. The van der Waals surface area contributed by atoms with Crippen LogP contribution in [-0.2, 0) is 13.5 Å². The monoisotopic (exact) mass is 402 g/mol. The molecule has 0 saturated carbocycles. The fourth-order valence-electron chi connectivity index (χ4n) is 5.41. The summed E-state index contributed by atoms with van der Waals surface area (Å²) >= 11 is 0. The van der Waals surface area contributed by atoms with Crippen molar-refractivity contribution in [2.75, 3.05) is 0 Å². The number of nitrogens with zero attached hydrogens (tertiary/aromatic N) is 3. The number of aryl methyl sites for hydroxylation is 2. The van der Waals surface area contributed by atoms with E-state index in [2.05, 4.69) is 90.3 Å². The second kappa shape index (κ2) is 6.18. The number of aromatic nitrogens is 2. The molecule has 0 unspecified atom stereocenters. The highest BCUT2D eigenvalue weighted by atomic mass is 15.0. The summed E-state index contributed by atoms with van der Waals surface area (Å²) in [5, 5.41) is 6.21. The summed E-state index contributed by atoms with van der Waals surface area (Å²) in [5.41, 5.74) is 8.19. The van der Waals surface area contributed by atoms with Gasteiger partial charge in [0.05, 0.1) is 33.9 Å². The molecule has 0 atom stereocenters. The minimum Gasteiger partial charge on any atom is -0.309 e. The van der Waals surface area contributed by atoms with Crippen molar-refractivity contribution in [3.63, 3.8) is 0 Å². The van der Waals surface area contributed by atoms with Crippen molar-refractivity contribution in [2.45, 2.75) is 27.2 Å². The Balaban J connectivity index is 1.98. The van der Waals surface area contributed by atoms with Crippen molar-refractivity contribution in [1.29, 1.82) is 0 Å². The lowest BCUT2D eigenvalue weighted by atomic mass is 9.99. The van der Waals surface area contributed by atoms with Gasteiger partial charge >= 0.3 is 0 Å². The largest absolute Gasteiger partial charge is 0.309 e. The van der Waals surface area contributed by atoms with Crippen LogP contribution in [0.2, 0.25) is 0 Å². The van der Waals surface area contributed by atoms with Gasteiger partial charge in [-0.15, -0.1) is 0 Å². The third-order valence-corrected chi connectivity index (χ3v) is 6.65. The van der Waals surface area contributed by atoms with Gasteiger partial charge in [0.15, 0.2) is 11.9 Å². The molecule has 0 N–H and O–H groups in total. The lowest BCUT2D eigenvalue weighted by Gasteiger charge is -2.13. The zero-order valence-electron chi connectivity index (χ0n) is 18.3. The van der Waals surface area contributed by atoms with Crippen LogP contribution in [0, 0.1) is 19.4 Å². The van der Waals surface area contributed by atoms with Gasteiger partial charge in [-0.3, -0.25) is 0 Å². The maximum atomic E-state index is 7.68. The van der Waals surface area contributed by atoms with Crippen LogP contribution < -0.4 is 4.57 Å². The first-order chi connectivity index (χ1) is 15.0. The normalized spacial score (nSPS) is 12.3. The number of hydrogen-bond donors (Lipinski definition) is 0. The molecule has 3 aromatic heterocycles. The second-order valence-electron chi connectivity index (χ2n) is 9.25. The average molecular weight is 403 g/mol. The molecule has 0 aliphatic rings.